The number of hydrogen-bond donors (Lipinski definition) is 0. The Morgan fingerprint density at radius 3 is 2.93 bits per heavy atom. The molecule has 3 aromatic rings. The number of fused-ring (bicyclic) bond motifs is 3. The van der Waals surface area contributed by atoms with Crippen LogP contribution in [0, 0.1) is 11.3 Å². The molecule has 1 aromatic carbocycles. The van der Waals surface area contributed by atoms with E-state index in [1.165, 1.54) is 0 Å². The molecule has 3 heteroatoms. The molecule has 3 nitrogen and oxygen atoms in total. The highest BCUT2D eigenvalue weighted by molar-refractivity contribution is 5.85. The predicted molar refractivity (Wildman–Crippen MR) is 57.4 cm³/mol. The van der Waals surface area contributed by atoms with Crippen LogP contribution < -0.4 is 0 Å². The van der Waals surface area contributed by atoms with E-state index in [-0.39, 0.29) is 0 Å². The fraction of sp³-hybridized carbons (Fsp3) is 0. The summed E-state index contributed by atoms with van der Waals surface area (Å²) in [6.07, 6.45) is 3.45. The first-order valence-corrected chi connectivity index (χ1v) is 4.64. The van der Waals surface area contributed by atoms with E-state index >= 15 is 0 Å². The van der Waals surface area contributed by atoms with E-state index in [0.717, 1.165) is 16.4 Å². The van der Waals surface area contributed by atoms with Crippen molar-refractivity contribution in [2.75, 3.05) is 0 Å². The zero-order valence-corrected chi connectivity index (χ0v) is 7.88. The lowest BCUT2D eigenvalue weighted by Crippen LogP contribution is -1.89. The molecule has 0 amide bonds. The number of nitrogens with zero attached hydrogens (tertiary/aromatic N) is 3. The number of aromatic nitrogens is 2. The Morgan fingerprint density at radius 2 is 2.07 bits per heavy atom. The second-order valence-corrected chi connectivity index (χ2v) is 3.38. The number of imidazole rings is 1. The lowest BCUT2D eigenvalue weighted by molar-refractivity contribution is 1.21. The molecule has 0 atom stereocenters. The third kappa shape index (κ3) is 1.02. The van der Waals surface area contributed by atoms with Crippen molar-refractivity contribution in [3.05, 3.63) is 48.4 Å². The summed E-state index contributed by atoms with van der Waals surface area (Å²) in [7, 11) is 0. The molecule has 0 radical (unpaired) electrons. The molecule has 2 heterocycles. The molecular weight excluding hydrogens is 186 g/mol. The fourth-order valence-electron chi connectivity index (χ4n) is 1.83. The zero-order chi connectivity index (χ0) is 10.3. The molecule has 0 aliphatic heterocycles. The van der Waals surface area contributed by atoms with Gasteiger partial charge in [0, 0.05) is 0 Å². The van der Waals surface area contributed by atoms with Gasteiger partial charge in [-0.1, -0.05) is 18.2 Å². The zero-order valence-electron chi connectivity index (χ0n) is 7.88. The lowest BCUT2D eigenvalue weighted by atomic mass is 10.1. The Bertz CT molecular complexity index is 689. The summed E-state index contributed by atoms with van der Waals surface area (Å²) >= 11 is 0. The van der Waals surface area contributed by atoms with Crippen molar-refractivity contribution in [2.45, 2.75) is 0 Å². The molecule has 0 aliphatic carbocycles. The van der Waals surface area contributed by atoms with Crippen molar-refractivity contribution in [3.63, 3.8) is 0 Å². The van der Waals surface area contributed by atoms with Crippen LogP contribution in [-0.4, -0.2) is 9.38 Å². The molecular formula is C12H7N3. The number of pyridine rings is 1. The monoisotopic (exact) mass is 193 g/mol. The number of rotatable bonds is 0. The van der Waals surface area contributed by atoms with Crippen molar-refractivity contribution in [3.8, 4) is 6.07 Å². The summed E-state index contributed by atoms with van der Waals surface area (Å²) in [5, 5.41) is 10.1. The van der Waals surface area contributed by atoms with Crippen LogP contribution in [0.4, 0.5) is 0 Å². The van der Waals surface area contributed by atoms with Gasteiger partial charge in [0.1, 0.15) is 6.07 Å². The van der Waals surface area contributed by atoms with Crippen molar-refractivity contribution >= 4 is 16.4 Å². The highest BCUT2D eigenvalue weighted by Crippen LogP contribution is 2.19. The highest BCUT2D eigenvalue weighted by atomic mass is 15.0. The molecule has 0 saturated carbocycles. The maximum atomic E-state index is 9.02. The molecule has 2 aromatic heterocycles. The number of hydrogen-bond acceptors (Lipinski definition) is 2. The Morgan fingerprint density at radius 1 is 1.20 bits per heavy atom. The molecule has 0 N–H and O–H groups in total. The molecule has 0 aliphatic rings. The summed E-state index contributed by atoms with van der Waals surface area (Å²) in [6, 6.07) is 12.0. The van der Waals surface area contributed by atoms with Gasteiger partial charge in [-0.05, 0) is 17.5 Å². The Labute approximate surface area is 86.2 Å². The minimum absolute atomic E-state index is 0.659. The molecule has 0 fully saturated rings. The maximum Gasteiger partial charge on any atom is 0.101 e. The first kappa shape index (κ1) is 8.01. The van der Waals surface area contributed by atoms with E-state index in [9.17, 15) is 0 Å². The van der Waals surface area contributed by atoms with Crippen LogP contribution in [0.2, 0.25) is 0 Å². The van der Waals surface area contributed by atoms with Gasteiger partial charge in [-0.3, -0.25) is 4.40 Å². The maximum absolute atomic E-state index is 9.02. The Balaban J connectivity index is 2.64. The summed E-state index contributed by atoms with van der Waals surface area (Å²) in [6.45, 7) is 0. The van der Waals surface area contributed by atoms with Crippen LogP contribution in [-0.2, 0) is 0 Å². The minimum Gasteiger partial charge on any atom is -0.298 e. The van der Waals surface area contributed by atoms with Gasteiger partial charge in [0.2, 0.25) is 0 Å². The number of para-hydroxylation sites is 1. The normalized spacial score (nSPS) is 10.6. The van der Waals surface area contributed by atoms with Gasteiger partial charge in [-0.15, -0.1) is 0 Å². The topological polar surface area (TPSA) is 41.1 Å². The molecule has 15 heavy (non-hydrogen) atoms. The van der Waals surface area contributed by atoms with Gasteiger partial charge in [-0.25, -0.2) is 4.98 Å². The van der Waals surface area contributed by atoms with Crippen LogP contribution >= 0.6 is 0 Å². The van der Waals surface area contributed by atoms with Gasteiger partial charge in [0.05, 0.1) is 29.1 Å². The Kier molecular flexibility index (Phi) is 1.51. The first-order valence-electron chi connectivity index (χ1n) is 4.64. The molecule has 0 unspecified atom stereocenters. The van der Waals surface area contributed by atoms with Crippen molar-refractivity contribution in [1.29, 1.82) is 5.26 Å². The quantitative estimate of drug-likeness (QED) is 0.550. The summed E-state index contributed by atoms with van der Waals surface area (Å²) in [5.41, 5.74) is 2.59. The third-order valence-corrected chi connectivity index (χ3v) is 2.53. The van der Waals surface area contributed by atoms with Gasteiger partial charge < -0.3 is 0 Å². The Hall–Kier alpha value is -2.34. The first-order chi connectivity index (χ1) is 7.40. The number of benzene rings is 1. The van der Waals surface area contributed by atoms with Crippen molar-refractivity contribution < 1.29 is 0 Å². The number of nitriles is 1. The summed E-state index contributed by atoms with van der Waals surface area (Å²) in [4.78, 5) is 4.07. The minimum atomic E-state index is 0.659. The second kappa shape index (κ2) is 2.82. The summed E-state index contributed by atoms with van der Waals surface area (Å²) in [5.74, 6) is 0. The lowest BCUT2D eigenvalue weighted by Gasteiger charge is -2.02. The van der Waals surface area contributed by atoms with Crippen LogP contribution in [0.25, 0.3) is 16.4 Å². The van der Waals surface area contributed by atoms with Gasteiger partial charge in [-0.2, -0.15) is 5.26 Å². The molecule has 3 rings (SSSR count). The van der Waals surface area contributed by atoms with E-state index in [1.807, 2.05) is 34.7 Å². The van der Waals surface area contributed by atoms with E-state index in [2.05, 4.69) is 11.1 Å². The smallest absolute Gasteiger partial charge is 0.101 e. The predicted octanol–water partition coefficient (Wildman–Crippen LogP) is 2.36. The molecule has 0 bridgehead atoms. The van der Waals surface area contributed by atoms with E-state index in [0.29, 0.717) is 5.56 Å². The standard InChI is InChI=1S/C12H7N3/c13-6-10-5-9-3-1-2-4-11(9)15-8-14-7-12(10)15/h1-5,7-8H. The SMILES string of the molecule is N#Cc1cc2ccccc2n2cncc12. The fourth-order valence-corrected chi connectivity index (χ4v) is 1.83. The second-order valence-electron chi connectivity index (χ2n) is 3.38. The van der Waals surface area contributed by atoms with E-state index < -0.39 is 0 Å². The van der Waals surface area contributed by atoms with Crippen LogP contribution in [0.15, 0.2) is 42.9 Å². The van der Waals surface area contributed by atoms with Crippen molar-refractivity contribution in [1.82, 2.24) is 9.38 Å². The average molecular weight is 193 g/mol. The molecule has 70 valence electrons. The van der Waals surface area contributed by atoms with Crippen LogP contribution in [0.3, 0.4) is 0 Å². The third-order valence-electron chi connectivity index (χ3n) is 2.53. The van der Waals surface area contributed by atoms with Gasteiger partial charge >= 0.3 is 0 Å². The van der Waals surface area contributed by atoms with E-state index in [4.69, 9.17) is 5.26 Å². The van der Waals surface area contributed by atoms with Gasteiger partial charge in [0.15, 0.2) is 0 Å². The highest BCUT2D eigenvalue weighted by Gasteiger charge is 2.05. The average Bonchev–Trinajstić information content (AvgIpc) is 2.77. The van der Waals surface area contributed by atoms with Crippen LogP contribution in [0.5, 0.6) is 0 Å². The van der Waals surface area contributed by atoms with Crippen LogP contribution in [0.1, 0.15) is 5.56 Å². The van der Waals surface area contributed by atoms with Crippen molar-refractivity contribution in [2.24, 2.45) is 0 Å². The molecule has 0 spiro atoms. The largest absolute Gasteiger partial charge is 0.298 e. The van der Waals surface area contributed by atoms with Gasteiger partial charge in [0.25, 0.3) is 0 Å². The summed E-state index contributed by atoms with van der Waals surface area (Å²) < 4.78 is 1.94. The van der Waals surface area contributed by atoms with E-state index in [1.54, 1.807) is 12.5 Å². The molecule has 0 saturated heterocycles.